The molecule has 0 radical (unpaired) electrons. The summed E-state index contributed by atoms with van der Waals surface area (Å²) in [5, 5.41) is -0.695. The summed E-state index contributed by atoms with van der Waals surface area (Å²) < 4.78 is 126. The second-order valence-corrected chi connectivity index (χ2v) is 4.60. The molecule has 1 nitrogen and oxygen atoms in total. The summed E-state index contributed by atoms with van der Waals surface area (Å²) in [4.78, 5) is 11.3. The Morgan fingerprint density at radius 3 is 1.74 bits per heavy atom. The summed E-state index contributed by atoms with van der Waals surface area (Å²) >= 11 is 5.18. The van der Waals surface area contributed by atoms with E-state index in [0.717, 1.165) is 0 Å². The van der Waals surface area contributed by atoms with Gasteiger partial charge in [0.05, 0.1) is 5.56 Å². The van der Waals surface area contributed by atoms with Crippen LogP contribution in [-0.2, 0) is 6.18 Å². The lowest BCUT2D eigenvalue weighted by Gasteiger charge is -2.27. The fourth-order valence-corrected chi connectivity index (χ4v) is 1.61. The molecule has 0 atom stereocenters. The van der Waals surface area contributed by atoms with Gasteiger partial charge in [0.15, 0.2) is 0 Å². The monoisotopic (exact) mass is 376 g/mol. The topological polar surface area (TPSA) is 17.1 Å². The molecule has 0 unspecified atom stereocenters. The molecule has 1 aromatic carbocycles. The van der Waals surface area contributed by atoms with Crippen LogP contribution in [0.5, 0.6) is 0 Å². The molecule has 12 heteroatoms. The van der Waals surface area contributed by atoms with E-state index < -0.39 is 46.1 Å². The zero-order chi connectivity index (χ0) is 18.4. The van der Waals surface area contributed by atoms with Crippen molar-refractivity contribution in [2.75, 3.05) is 0 Å². The number of benzene rings is 1. The summed E-state index contributed by atoms with van der Waals surface area (Å²) in [7, 11) is 0. The molecule has 1 aromatic rings. The van der Waals surface area contributed by atoms with Gasteiger partial charge in [0, 0.05) is 10.6 Å². The Hall–Kier alpha value is -1.52. The Kier molecular flexibility index (Phi) is 4.70. The minimum Gasteiger partial charge on any atom is -0.287 e. The molecule has 1 rings (SSSR count). The van der Waals surface area contributed by atoms with Crippen molar-refractivity contribution < 1.29 is 48.7 Å². The maximum absolute atomic E-state index is 13.2. The zero-order valence-electron chi connectivity index (χ0n) is 10.3. The molecule has 0 saturated heterocycles. The van der Waals surface area contributed by atoms with Crippen LogP contribution in [0, 0.1) is 0 Å². The fraction of sp³-hybridized carbons (Fsp3) is 0.364. The number of Topliss-reactive ketones (excluding diaryl/α,β-unsaturated/α-hetero) is 1. The summed E-state index contributed by atoms with van der Waals surface area (Å²) in [6.45, 7) is 0. The minimum absolute atomic E-state index is 0.00610. The molecular formula is C11H3ClF10O. The first kappa shape index (κ1) is 19.5. The van der Waals surface area contributed by atoms with Crippen molar-refractivity contribution in [3.63, 3.8) is 0 Å². The van der Waals surface area contributed by atoms with Crippen molar-refractivity contribution in [2.24, 2.45) is 0 Å². The van der Waals surface area contributed by atoms with Gasteiger partial charge < -0.3 is 0 Å². The van der Waals surface area contributed by atoms with E-state index in [1.54, 1.807) is 0 Å². The van der Waals surface area contributed by atoms with Crippen LogP contribution in [-0.4, -0.2) is 23.8 Å². The van der Waals surface area contributed by atoms with Crippen molar-refractivity contribution in [2.45, 2.75) is 24.2 Å². The standard InChI is InChI=1S/C11H3ClF10O/c12-4-1-2-5(6(3-4)9(15,16)17)7(23)8(13,14)10(18,19)11(20,21)22/h1-3H. The summed E-state index contributed by atoms with van der Waals surface area (Å²) in [5.74, 6) is -16.6. The predicted molar refractivity (Wildman–Crippen MR) is 56.7 cm³/mol. The molecule has 0 spiro atoms. The quantitative estimate of drug-likeness (QED) is 0.512. The van der Waals surface area contributed by atoms with Crippen LogP contribution in [0.3, 0.4) is 0 Å². The highest BCUT2D eigenvalue weighted by Crippen LogP contribution is 2.48. The van der Waals surface area contributed by atoms with Crippen molar-refractivity contribution in [3.05, 3.63) is 34.3 Å². The van der Waals surface area contributed by atoms with Crippen molar-refractivity contribution in [1.82, 2.24) is 0 Å². The van der Waals surface area contributed by atoms with E-state index in [4.69, 9.17) is 11.6 Å². The number of hydrogen-bond donors (Lipinski definition) is 0. The number of carbonyl (C=O) groups excluding carboxylic acids is 1. The molecule has 0 fully saturated rings. The number of ketones is 1. The van der Waals surface area contributed by atoms with Gasteiger partial charge in [-0.2, -0.15) is 43.9 Å². The SMILES string of the molecule is O=C(c1ccc(Cl)cc1C(F)(F)F)C(F)(F)C(F)(F)C(F)(F)F. The highest BCUT2D eigenvalue weighted by molar-refractivity contribution is 6.30. The Balaban J connectivity index is 3.52. The molecular weight excluding hydrogens is 374 g/mol. The maximum Gasteiger partial charge on any atom is 0.460 e. The molecule has 0 aliphatic carbocycles. The molecule has 0 aromatic heterocycles. The van der Waals surface area contributed by atoms with Crippen LogP contribution in [0.2, 0.25) is 5.02 Å². The lowest BCUT2D eigenvalue weighted by atomic mass is 9.95. The average molecular weight is 377 g/mol. The van der Waals surface area contributed by atoms with Crippen LogP contribution in [0.15, 0.2) is 18.2 Å². The van der Waals surface area contributed by atoms with Crippen molar-refractivity contribution in [3.8, 4) is 0 Å². The van der Waals surface area contributed by atoms with Gasteiger partial charge in [-0.15, -0.1) is 0 Å². The van der Waals surface area contributed by atoms with Gasteiger partial charge in [-0.25, -0.2) is 0 Å². The number of rotatable bonds is 3. The number of carbonyl (C=O) groups is 1. The summed E-state index contributed by atoms with van der Waals surface area (Å²) in [6.07, 6.45) is -12.3. The van der Waals surface area contributed by atoms with Crippen LogP contribution in [0.1, 0.15) is 15.9 Å². The number of halogens is 11. The molecule has 130 valence electrons. The van der Waals surface area contributed by atoms with Crippen LogP contribution < -0.4 is 0 Å². The minimum atomic E-state index is -6.86. The second kappa shape index (κ2) is 5.53. The molecule has 23 heavy (non-hydrogen) atoms. The molecule has 0 aliphatic rings. The van der Waals surface area contributed by atoms with E-state index in [1.165, 1.54) is 0 Å². The van der Waals surface area contributed by atoms with Gasteiger partial charge in [-0.05, 0) is 18.2 Å². The zero-order valence-corrected chi connectivity index (χ0v) is 11.1. The molecule has 0 heterocycles. The highest BCUT2D eigenvalue weighted by Gasteiger charge is 2.76. The molecule has 0 bridgehead atoms. The van der Waals surface area contributed by atoms with Crippen LogP contribution in [0.4, 0.5) is 43.9 Å². The third-order valence-corrected chi connectivity index (χ3v) is 2.80. The number of alkyl halides is 10. The predicted octanol–water partition coefficient (Wildman–Crippen LogP) is 5.37. The van der Waals surface area contributed by atoms with E-state index in [1.807, 2.05) is 0 Å². The third-order valence-electron chi connectivity index (χ3n) is 2.57. The smallest absolute Gasteiger partial charge is 0.287 e. The van der Waals surface area contributed by atoms with Gasteiger partial charge in [0.25, 0.3) is 0 Å². The van der Waals surface area contributed by atoms with E-state index >= 15 is 0 Å². The Bertz CT molecular complexity index is 616. The molecule has 0 aliphatic heterocycles. The fourth-order valence-electron chi connectivity index (χ4n) is 1.44. The van der Waals surface area contributed by atoms with Gasteiger partial charge in [-0.3, -0.25) is 4.79 Å². The van der Waals surface area contributed by atoms with Crippen LogP contribution >= 0.6 is 11.6 Å². The van der Waals surface area contributed by atoms with Gasteiger partial charge in [0.2, 0.25) is 5.78 Å². The molecule has 0 saturated carbocycles. The third kappa shape index (κ3) is 3.38. The van der Waals surface area contributed by atoms with E-state index in [2.05, 4.69) is 0 Å². The second-order valence-electron chi connectivity index (χ2n) is 4.16. The summed E-state index contributed by atoms with van der Waals surface area (Å²) in [6, 6.07) is 0.413. The largest absolute Gasteiger partial charge is 0.460 e. The van der Waals surface area contributed by atoms with Crippen LogP contribution in [0.25, 0.3) is 0 Å². The Labute approximate surface area is 125 Å². The highest BCUT2D eigenvalue weighted by atomic mass is 35.5. The van der Waals surface area contributed by atoms with E-state index in [-0.39, 0.29) is 12.1 Å². The van der Waals surface area contributed by atoms with Gasteiger partial charge in [0.1, 0.15) is 0 Å². The lowest BCUT2D eigenvalue weighted by Crippen LogP contribution is -2.56. The summed E-state index contributed by atoms with van der Waals surface area (Å²) in [5.41, 5.74) is -4.22. The Morgan fingerprint density at radius 1 is 0.870 bits per heavy atom. The Morgan fingerprint density at radius 2 is 1.35 bits per heavy atom. The van der Waals surface area contributed by atoms with Crippen molar-refractivity contribution >= 4 is 17.4 Å². The first-order valence-electron chi connectivity index (χ1n) is 5.27. The average Bonchev–Trinajstić information content (AvgIpc) is 2.35. The first-order valence-corrected chi connectivity index (χ1v) is 5.65. The molecule has 0 amide bonds. The van der Waals surface area contributed by atoms with Gasteiger partial charge in [-0.1, -0.05) is 11.6 Å². The first-order chi connectivity index (χ1) is 10.0. The van der Waals surface area contributed by atoms with E-state index in [0.29, 0.717) is 6.07 Å². The molecule has 0 N–H and O–H groups in total. The number of hydrogen-bond acceptors (Lipinski definition) is 1. The lowest BCUT2D eigenvalue weighted by molar-refractivity contribution is -0.339. The van der Waals surface area contributed by atoms with Gasteiger partial charge >= 0.3 is 24.2 Å². The van der Waals surface area contributed by atoms with Crippen molar-refractivity contribution in [1.29, 1.82) is 0 Å². The van der Waals surface area contributed by atoms with E-state index in [9.17, 15) is 48.7 Å². The maximum atomic E-state index is 13.2. The normalized spacial score (nSPS) is 14.0.